The molecular formula is C14H16N2O2S. The number of methoxy groups -OCH3 is 1. The number of aryl methyl sites for hydroxylation is 1. The Balaban J connectivity index is 1.83. The molecule has 0 spiro atoms. The summed E-state index contributed by atoms with van der Waals surface area (Å²) >= 11 is 1.63. The van der Waals surface area contributed by atoms with Gasteiger partial charge in [-0.05, 0) is 31.2 Å². The van der Waals surface area contributed by atoms with Crippen LogP contribution in [0.25, 0.3) is 0 Å². The Bertz CT molecular complexity index is 549. The zero-order valence-electron chi connectivity index (χ0n) is 11.0. The summed E-state index contributed by atoms with van der Waals surface area (Å²) in [6.07, 6.45) is 0.756. The van der Waals surface area contributed by atoms with Gasteiger partial charge in [0.2, 0.25) is 0 Å². The third-order valence-corrected chi connectivity index (χ3v) is 3.51. The molecule has 0 saturated carbocycles. The van der Waals surface area contributed by atoms with E-state index >= 15 is 0 Å². The Morgan fingerprint density at radius 3 is 2.68 bits per heavy atom. The van der Waals surface area contributed by atoms with Gasteiger partial charge in [0.05, 0.1) is 17.8 Å². The molecule has 1 aromatic carbocycles. The number of thiazole rings is 1. The van der Waals surface area contributed by atoms with Gasteiger partial charge in [-0.3, -0.25) is 4.79 Å². The molecule has 1 heterocycles. The molecule has 0 bridgehead atoms. The summed E-state index contributed by atoms with van der Waals surface area (Å²) in [5.74, 6) is 0.670. The highest BCUT2D eigenvalue weighted by Gasteiger charge is 2.05. The Morgan fingerprint density at radius 2 is 2.11 bits per heavy atom. The molecule has 0 aliphatic rings. The van der Waals surface area contributed by atoms with Gasteiger partial charge in [-0.1, -0.05) is 0 Å². The fourth-order valence-electron chi connectivity index (χ4n) is 1.67. The number of rotatable bonds is 5. The number of carbonyl (C=O) groups excluding carboxylic acids is 1. The Hall–Kier alpha value is -1.88. The van der Waals surface area contributed by atoms with Crippen molar-refractivity contribution in [3.05, 3.63) is 45.9 Å². The summed E-state index contributed by atoms with van der Waals surface area (Å²) in [6.45, 7) is 2.57. The zero-order chi connectivity index (χ0) is 13.7. The van der Waals surface area contributed by atoms with Gasteiger partial charge in [-0.15, -0.1) is 11.3 Å². The number of aromatic nitrogens is 1. The molecule has 1 aromatic heterocycles. The van der Waals surface area contributed by atoms with Crippen molar-refractivity contribution in [1.29, 1.82) is 0 Å². The predicted octanol–water partition coefficient (Wildman–Crippen LogP) is 2.43. The highest BCUT2D eigenvalue weighted by molar-refractivity contribution is 7.09. The molecule has 2 aromatic rings. The second-order valence-electron chi connectivity index (χ2n) is 4.09. The van der Waals surface area contributed by atoms with Gasteiger partial charge in [0.15, 0.2) is 0 Å². The molecule has 0 atom stereocenters. The highest BCUT2D eigenvalue weighted by atomic mass is 32.1. The second kappa shape index (κ2) is 6.33. The van der Waals surface area contributed by atoms with Crippen molar-refractivity contribution in [3.8, 4) is 5.75 Å². The van der Waals surface area contributed by atoms with E-state index in [1.807, 2.05) is 12.3 Å². The van der Waals surface area contributed by atoms with Crippen LogP contribution >= 0.6 is 11.3 Å². The van der Waals surface area contributed by atoms with Crippen molar-refractivity contribution < 1.29 is 9.53 Å². The summed E-state index contributed by atoms with van der Waals surface area (Å²) in [5.41, 5.74) is 1.66. The topological polar surface area (TPSA) is 51.2 Å². The molecule has 0 fully saturated rings. The second-order valence-corrected chi connectivity index (χ2v) is 5.15. The first-order chi connectivity index (χ1) is 9.19. The van der Waals surface area contributed by atoms with Gasteiger partial charge in [0.1, 0.15) is 5.75 Å². The molecule has 0 aliphatic carbocycles. The van der Waals surface area contributed by atoms with E-state index in [2.05, 4.69) is 10.3 Å². The summed E-state index contributed by atoms with van der Waals surface area (Å²) < 4.78 is 5.05. The minimum atomic E-state index is -0.0744. The number of hydrogen-bond acceptors (Lipinski definition) is 4. The van der Waals surface area contributed by atoms with E-state index in [-0.39, 0.29) is 5.91 Å². The lowest BCUT2D eigenvalue weighted by Gasteiger charge is -2.05. The number of ether oxygens (including phenoxy) is 1. The summed E-state index contributed by atoms with van der Waals surface area (Å²) in [7, 11) is 1.60. The lowest BCUT2D eigenvalue weighted by Crippen LogP contribution is -2.25. The van der Waals surface area contributed by atoms with Crippen molar-refractivity contribution in [1.82, 2.24) is 10.3 Å². The van der Waals surface area contributed by atoms with Crippen molar-refractivity contribution in [3.63, 3.8) is 0 Å². The van der Waals surface area contributed by atoms with Crippen LogP contribution in [-0.4, -0.2) is 24.5 Å². The maximum Gasteiger partial charge on any atom is 0.251 e. The van der Waals surface area contributed by atoms with Crippen LogP contribution in [0.1, 0.15) is 21.1 Å². The van der Waals surface area contributed by atoms with E-state index in [1.54, 1.807) is 42.7 Å². The van der Waals surface area contributed by atoms with E-state index < -0.39 is 0 Å². The highest BCUT2D eigenvalue weighted by Crippen LogP contribution is 2.11. The lowest BCUT2D eigenvalue weighted by molar-refractivity contribution is 0.0954. The molecule has 19 heavy (non-hydrogen) atoms. The minimum Gasteiger partial charge on any atom is -0.497 e. The molecule has 100 valence electrons. The normalized spacial score (nSPS) is 10.2. The van der Waals surface area contributed by atoms with Gasteiger partial charge < -0.3 is 10.1 Å². The Morgan fingerprint density at radius 1 is 1.37 bits per heavy atom. The van der Waals surface area contributed by atoms with Gasteiger partial charge >= 0.3 is 0 Å². The smallest absolute Gasteiger partial charge is 0.251 e. The third kappa shape index (κ3) is 3.79. The predicted molar refractivity (Wildman–Crippen MR) is 75.9 cm³/mol. The largest absolute Gasteiger partial charge is 0.497 e. The van der Waals surface area contributed by atoms with E-state index in [0.717, 1.165) is 22.9 Å². The van der Waals surface area contributed by atoms with Crippen molar-refractivity contribution >= 4 is 17.2 Å². The molecule has 4 nitrogen and oxygen atoms in total. The van der Waals surface area contributed by atoms with Gasteiger partial charge in [-0.25, -0.2) is 4.98 Å². The zero-order valence-corrected chi connectivity index (χ0v) is 11.8. The van der Waals surface area contributed by atoms with Crippen LogP contribution in [0.2, 0.25) is 0 Å². The Labute approximate surface area is 116 Å². The van der Waals surface area contributed by atoms with E-state index in [9.17, 15) is 4.79 Å². The van der Waals surface area contributed by atoms with Crippen molar-refractivity contribution in [2.75, 3.05) is 13.7 Å². The van der Waals surface area contributed by atoms with Crippen LogP contribution in [0.3, 0.4) is 0 Å². The number of nitrogens with one attached hydrogen (secondary N) is 1. The lowest BCUT2D eigenvalue weighted by atomic mass is 10.2. The van der Waals surface area contributed by atoms with Gasteiger partial charge in [0.25, 0.3) is 5.91 Å². The van der Waals surface area contributed by atoms with E-state index in [0.29, 0.717) is 12.1 Å². The third-order valence-electron chi connectivity index (χ3n) is 2.69. The maximum atomic E-state index is 11.9. The average Bonchev–Trinajstić information content (AvgIpc) is 2.84. The summed E-state index contributed by atoms with van der Waals surface area (Å²) in [6, 6.07) is 7.06. The quantitative estimate of drug-likeness (QED) is 0.912. The van der Waals surface area contributed by atoms with Crippen LogP contribution in [0.15, 0.2) is 29.6 Å². The first-order valence-electron chi connectivity index (χ1n) is 6.02. The van der Waals surface area contributed by atoms with Crippen molar-refractivity contribution in [2.24, 2.45) is 0 Å². The average molecular weight is 276 g/mol. The molecular weight excluding hydrogens is 260 g/mol. The Kier molecular flexibility index (Phi) is 4.52. The molecule has 1 amide bonds. The minimum absolute atomic E-state index is 0.0744. The van der Waals surface area contributed by atoms with Gasteiger partial charge in [-0.2, -0.15) is 0 Å². The molecule has 1 N–H and O–H groups in total. The molecule has 0 saturated heterocycles. The van der Waals surface area contributed by atoms with Gasteiger partial charge in [0, 0.05) is 23.9 Å². The number of carbonyl (C=O) groups is 1. The fourth-order valence-corrected chi connectivity index (χ4v) is 2.32. The molecule has 5 heteroatoms. The number of hydrogen-bond donors (Lipinski definition) is 1. The monoisotopic (exact) mass is 276 g/mol. The van der Waals surface area contributed by atoms with Crippen LogP contribution < -0.4 is 10.1 Å². The molecule has 0 aliphatic heterocycles. The van der Waals surface area contributed by atoms with Crippen LogP contribution in [0.4, 0.5) is 0 Å². The SMILES string of the molecule is COc1ccc(C(=O)NCCc2csc(C)n2)cc1. The van der Waals surface area contributed by atoms with E-state index in [4.69, 9.17) is 4.74 Å². The summed E-state index contributed by atoms with van der Waals surface area (Å²) in [5, 5.41) is 5.95. The van der Waals surface area contributed by atoms with E-state index in [1.165, 1.54) is 0 Å². The molecule has 0 radical (unpaired) electrons. The first-order valence-corrected chi connectivity index (χ1v) is 6.90. The summed E-state index contributed by atoms with van der Waals surface area (Å²) in [4.78, 5) is 16.2. The molecule has 0 unspecified atom stereocenters. The van der Waals surface area contributed by atoms with Crippen LogP contribution in [0.5, 0.6) is 5.75 Å². The number of nitrogens with zero attached hydrogens (tertiary/aromatic N) is 1. The first kappa shape index (κ1) is 13.5. The molecule has 2 rings (SSSR count). The van der Waals surface area contributed by atoms with Crippen molar-refractivity contribution in [2.45, 2.75) is 13.3 Å². The number of benzene rings is 1. The maximum absolute atomic E-state index is 11.9. The van der Waals surface area contributed by atoms with Crippen LogP contribution in [-0.2, 0) is 6.42 Å². The standard InChI is InChI=1S/C14H16N2O2S/c1-10-16-12(9-19-10)7-8-15-14(17)11-3-5-13(18-2)6-4-11/h3-6,9H,7-8H2,1-2H3,(H,15,17). The fraction of sp³-hybridized carbons (Fsp3) is 0.286. The van der Waals surface area contributed by atoms with Crippen LogP contribution in [0, 0.1) is 6.92 Å². The number of amides is 1.